The summed E-state index contributed by atoms with van der Waals surface area (Å²) in [5.41, 5.74) is 1.83. The van der Waals surface area contributed by atoms with Gasteiger partial charge in [0, 0.05) is 31.7 Å². The highest BCUT2D eigenvalue weighted by molar-refractivity contribution is 7.89. The summed E-state index contributed by atoms with van der Waals surface area (Å²) in [5.74, 6) is 0.256. The maximum atomic E-state index is 12.2. The third-order valence-electron chi connectivity index (χ3n) is 5.05. The summed E-state index contributed by atoms with van der Waals surface area (Å²) in [6.07, 6.45) is 4.20. The van der Waals surface area contributed by atoms with Gasteiger partial charge in [-0.3, -0.25) is 4.79 Å². The number of piperidine rings is 1. The van der Waals surface area contributed by atoms with Gasteiger partial charge >= 0.3 is 0 Å². The third-order valence-corrected chi connectivity index (χ3v) is 6.92. The van der Waals surface area contributed by atoms with Crippen LogP contribution in [-0.2, 0) is 10.0 Å². The second kappa shape index (κ2) is 8.29. The zero-order chi connectivity index (χ0) is 17.7. The van der Waals surface area contributed by atoms with Crippen molar-refractivity contribution in [3.63, 3.8) is 0 Å². The SMILES string of the molecule is O=C(NCCS(=O)(=O)N1CCCC1)c1ccc([C@H]2CCCNC2)cc1. The molecule has 138 valence electrons. The zero-order valence-electron chi connectivity index (χ0n) is 14.5. The minimum Gasteiger partial charge on any atom is -0.351 e. The molecule has 0 aromatic heterocycles. The summed E-state index contributed by atoms with van der Waals surface area (Å²) >= 11 is 0. The molecule has 1 aromatic rings. The molecule has 0 spiro atoms. The normalized spacial score (nSPS) is 22.0. The van der Waals surface area contributed by atoms with Crippen LogP contribution >= 0.6 is 0 Å². The quantitative estimate of drug-likeness (QED) is 0.797. The molecule has 2 aliphatic heterocycles. The van der Waals surface area contributed by atoms with Gasteiger partial charge in [0.2, 0.25) is 10.0 Å². The fourth-order valence-electron chi connectivity index (χ4n) is 3.53. The lowest BCUT2D eigenvalue weighted by atomic mass is 9.91. The molecular weight excluding hydrogens is 338 g/mol. The highest BCUT2D eigenvalue weighted by Gasteiger charge is 2.25. The average molecular weight is 365 g/mol. The predicted molar refractivity (Wildman–Crippen MR) is 98.2 cm³/mol. The summed E-state index contributed by atoms with van der Waals surface area (Å²) < 4.78 is 25.8. The number of sulfonamides is 1. The van der Waals surface area contributed by atoms with E-state index in [1.807, 2.05) is 24.3 Å². The molecule has 1 atom stereocenters. The van der Waals surface area contributed by atoms with Crippen molar-refractivity contribution in [3.05, 3.63) is 35.4 Å². The van der Waals surface area contributed by atoms with Crippen LogP contribution in [0.2, 0.25) is 0 Å². The number of carbonyl (C=O) groups is 1. The van der Waals surface area contributed by atoms with Gasteiger partial charge in [-0.15, -0.1) is 0 Å². The molecule has 0 saturated carbocycles. The fraction of sp³-hybridized carbons (Fsp3) is 0.611. The van der Waals surface area contributed by atoms with E-state index in [0.29, 0.717) is 24.6 Å². The Hall–Kier alpha value is -1.44. The van der Waals surface area contributed by atoms with Crippen molar-refractivity contribution in [3.8, 4) is 0 Å². The van der Waals surface area contributed by atoms with Crippen LogP contribution in [0.5, 0.6) is 0 Å². The number of carbonyl (C=O) groups excluding carboxylic acids is 1. The van der Waals surface area contributed by atoms with Crippen molar-refractivity contribution in [2.75, 3.05) is 38.5 Å². The van der Waals surface area contributed by atoms with E-state index in [0.717, 1.165) is 25.9 Å². The summed E-state index contributed by atoms with van der Waals surface area (Å²) in [5, 5.41) is 6.12. The second-order valence-electron chi connectivity index (χ2n) is 6.84. The molecule has 0 bridgehead atoms. The van der Waals surface area contributed by atoms with Crippen molar-refractivity contribution in [2.24, 2.45) is 0 Å². The summed E-state index contributed by atoms with van der Waals surface area (Å²) in [7, 11) is -3.25. The van der Waals surface area contributed by atoms with Gasteiger partial charge in [0.1, 0.15) is 0 Å². The molecule has 2 N–H and O–H groups in total. The van der Waals surface area contributed by atoms with E-state index >= 15 is 0 Å². The Kier molecular flexibility index (Phi) is 6.09. The largest absolute Gasteiger partial charge is 0.351 e. The second-order valence-corrected chi connectivity index (χ2v) is 8.93. The Morgan fingerprint density at radius 3 is 2.52 bits per heavy atom. The molecule has 3 rings (SSSR count). The molecule has 6 nitrogen and oxygen atoms in total. The van der Waals surface area contributed by atoms with E-state index in [9.17, 15) is 13.2 Å². The molecule has 2 saturated heterocycles. The van der Waals surface area contributed by atoms with Gasteiger partial charge in [0.25, 0.3) is 5.91 Å². The van der Waals surface area contributed by atoms with E-state index in [1.165, 1.54) is 22.7 Å². The first-order chi connectivity index (χ1) is 12.1. The molecule has 2 heterocycles. The number of benzene rings is 1. The van der Waals surface area contributed by atoms with Crippen LogP contribution < -0.4 is 10.6 Å². The molecule has 0 radical (unpaired) electrons. The summed E-state index contributed by atoms with van der Waals surface area (Å²) in [6.45, 7) is 3.42. The van der Waals surface area contributed by atoms with Crippen molar-refractivity contribution >= 4 is 15.9 Å². The molecule has 2 fully saturated rings. The van der Waals surface area contributed by atoms with Gasteiger partial charge in [-0.05, 0) is 55.8 Å². The number of nitrogens with one attached hydrogen (secondary N) is 2. The van der Waals surface area contributed by atoms with E-state index in [2.05, 4.69) is 10.6 Å². The standard InChI is InChI=1S/C18H27N3O3S/c22-18(20-10-13-25(23,24)21-11-1-2-12-21)16-7-5-15(6-8-16)17-4-3-9-19-14-17/h5-8,17,19H,1-4,9-14H2,(H,20,22)/t17-/m0/s1. The fourth-order valence-corrected chi connectivity index (χ4v) is 4.97. The van der Waals surface area contributed by atoms with Gasteiger partial charge in [-0.25, -0.2) is 12.7 Å². The van der Waals surface area contributed by atoms with E-state index in [1.54, 1.807) is 0 Å². The van der Waals surface area contributed by atoms with E-state index < -0.39 is 10.0 Å². The van der Waals surface area contributed by atoms with Crippen LogP contribution in [0.25, 0.3) is 0 Å². The van der Waals surface area contributed by atoms with Gasteiger partial charge in [-0.1, -0.05) is 12.1 Å². The maximum absolute atomic E-state index is 12.2. The third kappa shape index (κ3) is 4.80. The molecular formula is C18H27N3O3S. The number of amides is 1. The summed E-state index contributed by atoms with van der Waals surface area (Å²) in [4.78, 5) is 12.2. The number of rotatable bonds is 6. The Morgan fingerprint density at radius 1 is 1.16 bits per heavy atom. The van der Waals surface area contributed by atoms with Crippen molar-refractivity contribution in [1.29, 1.82) is 0 Å². The van der Waals surface area contributed by atoms with Crippen LogP contribution in [0.4, 0.5) is 0 Å². The van der Waals surface area contributed by atoms with Gasteiger partial charge in [0.15, 0.2) is 0 Å². The van der Waals surface area contributed by atoms with Crippen LogP contribution in [0.1, 0.15) is 47.5 Å². The van der Waals surface area contributed by atoms with E-state index in [4.69, 9.17) is 0 Å². The first kappa shape index (κ1) is 18.4. The smallest absolute Gasteiger partial charge is 0.251 e. The molecule has 1 amide bonds. The van der Waals surface area contributed by atoms with E-state index in [-0.39, 0.29) is 18.2 Å². The Bertz CT molecular complexity index is 676. The monoisotopic (exact) mass is 365 g/mol. The highest BCUT2D eigenvalue weighted by atomic mass is 32.2. The molecule has 0 aliphatic carbocycles. The highest BCUT2D eigenvalue weighted by Crippen LogP contribution is 2.23. The molecule has 7 heteroatoms. The first-order valence-electron chi connectivity index (χ1n) is 9.13. The lowest BCUT2D eigenvalue weighted by molar-refractivity contribution is 0.0956. The molecule has 1 aromatic carbocycles. The Labute approximate surface area is 150 Å². The lowest BCUT2D eigenvalue weighted by Gasteiger charge is -2.23. The van der Waals surface area contributed by atoms with Crippen molar-refractivity contribution in [1.82, 2.24) is 14.9 Å². The van der Waals surface area contributed by atoms with Gasteiger partial charge < -0.3 is 10.6 Å². The van der Waals surface area contributed by atoms with Crippen LogP contribution in [-0.4, -0.2) is 57.1 Å². The van der Waals surface area contributed by atoms with Crippen LogP contribution in [0.3, 0.4) is 0 Å². The topological polar surface area (TPSA) is 78.5 Å². The first-order valence-corrected chi connectivity index (χ1v) is 10.7. The van der Waals surface area contributed by atoms with Gasteiger partial charge in [-0.2, -0.15) is 0 Å². The number of nitrogens with zero attached hydrogens (tertiary/aromatic N) is 1. The minimum absolute atomic E-state index is 0.0371. The minimum atomic E-state index is -3.25. The lowest BCUT2D eigenvalue weighted by Crippen LogP contribution is -2.36. The summed E-state index contributed by atoms with van der Waals surface area (Å²) in [6, 6.07) is 7.67. The molecule has 25 heavy (non-hydrogen) atoms. The van der Waals surface area contributed by atoms with Crippen molar-refractivity contribution < 1.29 is 13.2 Å². The zero-order valence-corrected chi connectivity index (χ0v) is 15.4. The number of hydrogen-bond donors (Lipinski definition) is 2. The average Bonchev–Trinajstić information content (AvgIpc) is 3.18. The van der Waals surface area contributed by atoms with Gasteiger partial charge in [0.05, 0.1) is 5.75 Å². The Balaban J connectivity index is 1.49. The van der Waals surface area contributed by atoms with Crippen LogP contribution in [0, 0.1) is 0 Å². The number of hydrogen-bond acceptors (Lipinski definition) is 4. The Morgan fingerprint density at radius 2 is 1.88 bits per heavy atom. The predicted octanol–water partition coefficient (Wildman–Crippen LogP) is 1.31. The van der Waals surface area contributed by atoms with Crippen LogP contribution in [0.15, 0.2) is 24.3 Å². The molecule has 2 aliphatic rings. The van der Waals surface area contributed by atoms with Crippen molar-refractivity contribution in [2.45, 2.75) is 31.6 Å². The molecule has 0 unspecified atom stereocenters. The maximum Gasteiger partial charge on any atom is 0.251 e.